The second kappa shape index (κ2) is 71.1. The van der Waals surface area contributed by atoms with Crippen molar-refractivity contribution in [2.75, 3.05) is 13.2 Å². The molecule has 0 fully saturated rings. The van der Waals surface area contributed by atoms with Gasteiger partial charge in [0.25, 0.3) is 0 Å². The Morgan fingerprint density at radius 3 is 0.771 bits per heavy atom. The van der Waals surface area contributed by atoms with Crippen molar-refractivity contribution < 1.29 is 28.6 Å². The van der Waals surface area contributed by atoms with Gasteiger partial charge >= 0.3 is 17.9 Å². The molecule has 480 valence electrons. The fourth-order valence-electron chi connectivity index (χ4n) is 10.5. The zero-order valence-corrected chi connectivity index (χ0v) is 55.2. The predicted molar refractivity (Wildman–Crippen MR) is 362 cm³/mol. The predicted octanol–water partition coefficient (Wildman–Crippen LogP) is 25.0. The number of carbonyl (C=O) groups is 3. The van der Waals surface area contributed by atoms with Gasteiger partial charge < -0.3 is 14.2 Å². The molecule has 1 atom stereocenters. The van der Waals surface area contributed by atoms with Crippen molar-refractivity contribution in [3.63, 3.8) is 0 Å². The van der Waals surface area contributed by atoms with E-state index in [0.29, 0.717) is 19.3 Å². The first-order valence-electron chi connectivity index (χ1n) is 36.1. The van der Waals surface area contributed by atoms with Gasteiger partial charge in [-0.15, -0.1) is 0 Å². The summed E-state index contributed by atoms with van der Waals surface area (Å²) in [4.78, 5) is 38.5. The minimum Gasteiger partial charge on any atom is -0.462 e. The van der Waals surface area contributed by atoms with E-state index in [9.17, 15) is 14.4 Å². The van der Waals surface area contributed by atoms with E-state index in [2.05, 4.69) is 106 Å². The highest BCUT2D eigenvalue weighted by Crippen LogP contribution is 2.18. The van der Waals surface area contributed by atoms with Crippen molar-refractivity contribution in [1.29, 1.82) is 0 Å². The zero-order valence-electron chi connectivity index (χ0n) is 55.2. The molecule has 0 saturated carbocycles. The molecule has 0 bridgehead atoms. The van der Waals surface area contributed by atoms with Crippen LogP contribution in [-0.4, -0.2) is 37.2 Å². The molecule has 6 heteroatoms. The van der Waals surface area contributed by atoms with Crippen molar-refractivity contribution in [2.45, 2.75) is 374 Å². The van der Waals surface area contributed by atoms with E-state index >= 15 is 0 Å². The van der Waals surface area contributed by atoms with Crippen LogP contribution in [0.25, 0.3) is 0 Å². The van der Waals surface area contributed by atoms with E-state index < -0.39 is 6.10 Å². The van der Waals surface area contributed by atoms with Gasteiger partial charge in [-0.3, -0.25) is 14.4 Å². The molecule has 0 aliphatic carbocycles. The molecule has 0 aliphatic rings. The molecular formula is C77H136O6. The number of esters is 3. The summed E-state index contributed by atoms with van der Waals surface area (Å²) >= 11 is 0. The van der Waals surface area contributed by atoms with Crippen LogP contribution in [-0.2, 0) is 28.6 Å². The van der Waals surface area contributed by atoms with Gasteiger partial charge in [-0.2, -0.15) is 0 Å². The number of hydrogen-bond acceptors (Lipinski definition) is 6. The Bertz CT molecular complexity index is 1570. The third kappa shape index (κ3) is 69.3. The summed E-state index contributed by atoms with van der Waals surface area (Å²) in [7, 11) is 0. The minimum atomic E-state index is -0.802. The highest BCUT2D eigenvalue weighted by Gasteiger charge is 2.19. The molecule has 0 amide bonds. The molecule has 0 rings (SSSR count). The molecule has 0 N–H and O–H groups in total. The van der Waals surface area contributed by atoms with Crippen LogP contribution in [0.5, 0.6) is 0 Å². The topological polar surface area (TPSA) is 78.9 Å². The molecule has 0 saturated heterocycles. The Morgan fingerprint density at radius 2 is 0.470 bits per heavy atom. The van der Waals surface area contributed by atoms with Crippen molar-refractivity contribution in [1.82, 2.24) is 0 Å². The quantitative estimate of drug-likeness (QED) is 0.0261. The number of allylic oxidation sites excluding steroid dienone is 14. The van der Waals surface area contributed by atoms with E-state index in [1.807, 2.05) is 0 Å². The maximum atomic E-state index is 13.0. The van der Waals surface area contributed by atoms with Crippen LogP contribution in [0.4, 0.5) is 0 Å². The van der Waals surface area contributed by atoms with Crippen LogP contribution in [0.2, 0.25) is 0 Å². The largest absolute Gasteiger partial charge is 0.462 e. The summed E-state index contributed by atoms with van der Waals surface area (Å²) in [5.41, 5.74) is 0. The fourth-order valence-corrected chi connectivity index (χ4v) is 10.5. The summed E-state index contributed by atoms with van der Waals surface area (Å²) in [5, 5.41) is 0. The first-order valence-corrected chi connectivity index (χ1v) is 36.1. The summed E-state index contributed by atoms with van der Waals surface area (Å²) in [6, 6.07) is 0. The first kappa shape index (κ1) is 79.6. The van der Waals surface area contributed by atoms with Gasteiger partial charge in [-0.05, 0) is 96.3 Å². The molecule has 0 aromatic rings. The lowest BCUT2D eigenvalue weighted by Gasteiger charge is -2.18. The fraction of sp³-hybridized carbons (Fsp3) is 0.779. The van der Waals surface area contributed by atoms with E-state index in [1.165, 1.54) is 231 Å². The molecule has 0 spiro atoms. The van der Waals surface area contributed by atoms with E-state index in [1.54, 1.807) is 0 Å². The van der Waals surface area contributed by atoms with Crippen molar-refractivity contribution in [3.8, 4) is 0 Å². The molecular weight excluding hydrogens is 1020 g/mol. The van der Waals surface area contributed by atoms with Gasteiger partial charge in [0.05, 0.1) is 0 Å². The average molecular weight is 1160 g/mol. The standard InChI is InChI=1S/C77H136O6/c1-4-7-10-13-16-19-22-25-28-31-34-36-37-38-39-41-43-46-49-52-55-58-61-64-67-70-76(79)82-73-74(72-81-75(78)69-66-63-60-57-54-51-48-45-42-33-30-27-24-21-18-15-12-9-6-3)83-77(80)71-68-65-62-59-56-53-50-47-44-40-35-32-29-26-23-20-17-14-11-8-5-2/h8,11,17,20,26-27,29-30,35,40,47,50,56,59,74H,4-7,9-10,12-16,18-19,21-25,28,31-34,36-39,41-46,48-49,51-55,57-58,60-73H2,1-3H3/b11-8-,20-17-,29-26-,30-27-,40-35-,50-47-,59-56-. The molecule has 0 aromatic carbocycles. The Hall–Kier alpha value is -3.41. The summed E-state index contributed by atoms with van der Waals surface area (Å²) in [5.74, 6) is -0.917. The smallest absolute Gasteiger partial charge is 0.306 e. The molecule has 1 unspecified atom stereocenters. The summed E-state index contributed by atoms with van der Waals surface area (Å²) < 4.78 is 17.0. The third-order valence-electron chi connectivity index (χ3n) is 15.9. The van der Waals surface area contributed by atoms with Crippen LogP contribution < -0.4 is 0 Å². The van der Waals surface area contributed by atoms with Crippen LogP contribution in [0.15, 0.2) is 85.1 Å². The van der Waals surface area contributed by atoms with E-state index in [0.717, 1.165) is 89.9 Å². The molecule has 6 nitrogen and oxygen atoms in total. The van der Waals surface area contributed by atoms with Crippen LogP contribution in [0.3, 0.4) is 0 Å². The van der Waals surface area contributed by atoms with Crippen molar-refractivity contribution >= 4 is 17.9 Å². The van der Waals surface area contributed by atoms with Crippen LogP contribution in [0, 0.1) is 0 Å². The highest BCUT2D eigenvalue weighted by molar-refractivity contribution is 5.71. The normalized spacial score (nSPS) is 12.6. The average Bonchev–Trinajstić information content (AvgIpc) is 3.50. The third-order valence-corrected chi connectivity index (χ3v) is 15.9. The van der Waals surface area contributed by atoms with Crippen molar-refractivity contribution in [3.05, 3.63) is 85.1 Å². The summed E-state index contributed by atoms with van der Waals surface area (Å²) in [6.07, 6.45) is 94.7. The van der Waals surface area contributed by atoms with Gasteiger partial charge in [-0.1, -0.05) is 337 Å². The second-order valence-corrected chi connectivity index (χ2v) is 24.1. The van der Waals surface area contributed by atoms with Gasteiger partial charge in [0.1, 0.15) is 13.2 Å². The SMILES string of the molecule is CC/C=C\C/C=C\C/C=C\C/C=C\C/C=C\C/C=C\CCCCC(=O)OC(COC(=O)CCCCCCCCCCC/C=C\CCCCCCCC)COC(=O)CCCCCCCCCCCCCCCCCCCCCCCCCCC. The monoisotopic (exact) mass is 1160 g/mol. The molecule has 0 aliphatic heterocycles. The number of hydrogen-bond donors (Lipinski definition) is 0. The maximum Gasteiger partial charge on any atom is 0.306 e. The van der Waals surface area contributed by atoms with E-state index in [4.69, 9.17) is 14.2 Å². The maximum absolute atomic E-state index is 13.0. The van der Waals surface area contributed by atoms with Crippen LogP contribution in [0.1, 0.15) is 367 Å². The minimum absolute atomic E-state index is 0.0915. The van der Waals surface area contributed by atoms with Gasteiger partial charge in [0.2, 0.25) is 0 Å². The van der Waals surface area contributed by atoms with Gasteiger partial charge in [0.15, 0.2) is 6.10 Å². The van der Waals surface area contributed by atoms with E-state index in [-0.39, 0.29) is 37.5 Å². The molecule has 0 radical (unpaired) electrons. The number of unbranched alkanes of at least 4 members (excludes halogenated alkanes) is 41. The Labute approximate surface area is 515 Å². The van der Waals surface area contributed by atoms with Crippen LogP contribution >= 0.6 is 0 Å². The number of carbonyl (C=O) groups excluding carboxylic acids is 3. The lowest BCUT2D eigenvalue weighted by molar-refractivity contribution is -0.167. The molecule has 0 aromatic heterocycles. The molecule has 0 heterocycles. The summed E-state index contributed by atoms with van der Waals surface area (Å²) in [6.45, 7) is 6.55. The molecule has 83 heavy (non-hydrogen) atoms. The highest BCUT2D eigenvalue weighted by atomic mass is 16.6. The van der Waals surface area contributed by atoms with Gasteiger partial charge in [-0.25, -0.2) is 0 Å². The number of ether oxygens (including phenoxy) is 3. The Kier molecular flexibility index (Phi) is 68.2. The lowest BCUT2D eigenvalue weighted by Crippen LogP contribution is -2.30. The Morgan fingerprint density at radius 1 is 0.253 bits per heavy atom. The second-order valence-electron chi connectivity index (χ2n) is 24.1. The van der Waals surface area contributed by atoms with Crippen molar-refractivity contribution in [2.24, 2.45) is 0 Å². The Balaban J connectivity index is 4.39. The lowest BCUT2D eigenvalue weighted by atomic mass is 10.0. The first-order chi connectivity index (χ1) is 41.0. The zero-order chi connectivity index (χ0) is 59.9. The van der Waals surface area contributed by atoms with Gasteiger partial charge in [0, 0.05) is 19.3 Å². The number of rotatable bonds is 66.